The molecule has 11 heavy (non-hydrogen) atoms. The molecule has 0 aliphatic heterocycles. The minimum absolute atomic E-state index is 0.439. The molecule has 0 amide bonds. The number of hydrogen-bond acceptors (Lipinski definition) is 3. The van der Waals surface area contributed by atoms with E-state index in [2.05, 4.69) is 9.64 Å². The summed E-state index contributed by atoms with van der Waals surface area (Å²) in [6, 6.07) is 2.58. The maximum Gasteiger partial charge on any atom is 0.492 e. The highest BCUT2D eigenvalue weighted by atomic mass is 19.1. The van der Waals surface area contributed by atoms with Crippen LogP contribution in [0.2, 0.25) is 0 Å². The molecule has 0 aliphatic rings. The van der Waals surface area contributed by atoms with Crippen molar-refractivity contribution < 1.29 is 14.1 Å². The molecule has 0 aromatic carbocycles. The SMILES string of the molecule is COB(O)c1ccc(F)nc1. The number of aromatic nitrogens is 1. The van der Waals surface area contributed by atoms with Crippen LogP contribution in [0.25, 0.3) is 0 Å². The van der Waals surface area contributed by atoms with Crippen molar-refractivity contribution in [2.75, 3.05) is 7.11 Å². The van der Waals surface area contributed by atoms with E-state index in [9.17, 15) is 4.39 Å². The molecule has 0 aliphatic carbocycles. The lowest BCUT2D eigenvalue weighted by atomic mass is 9.81. The molecule has 3 nitrogen and oxygen atoms in total. The van der Waals surface area contributed by atoms with Crippen LogP contribution in [0.4, 0.5) is 4.39 Å². The van der Waals surface area contributed by atoms with Gasteiger partial charge in [0.15, 0.2) is 0 Å². The predicted octanol–water partition coefficient (Wildman–Crippen LogP) is -0.445. The van der Waals surface area contributed by atoms with Crippen LogP contribution < -0.4 is 5.46 Å². The molecule has 1 aromatic rings. The van der Waals surface area contributed by atoms with Gasteiger partial charge in [-0.25, -0.2) is 4.98 Å². The molecule has 1 heterocycles. The van der Waals surface area contributed by atoms with Gasteiger partial charge in [0.1, 0.15) is 0 Å². The molecule has 0 fully saturated rings. The van der Waals surface area contributed by atoms with Gasteiger partial charge in [-0.1, -0.05) is 6.07 Å². The van der Waals surface area contributed by atoms with E-state index in [1.165, 1.54) is 19.4 Å². The standard InChI is InChI=1S/C6H7BFNO2/c1-11-7(10)5-2-3-6(8)9-4-5/h2-4,10H,1H3. The Kier molecular flexibility index (Phi) is 2.56. The number of pyridine rings is 1. The Morgan fingerprint density at radius 1 is 1.64 bits per heavy atom. The highest BCUT2D eigenvalue weighted by molar-refractivity contribution is 6.59. The minimum atomic E-state index is -1.02. The molecular formula is C6H7BFNO2. The van der Waals surface area contributed by atoms with Gasteiger partial charge < -0.3 is 9.68 Å². The highest BCUT2D eigenvalue weighted by Crippen LogP contribution is 1.88. The fourth-order valence-corrected chi connectivity index (χ4v) is 0.669. The Bertz CT molecular complexity index is 229. The fourth-order valence-electron chi connectivity index (χ4n) is 0.669. The molecular weight excluding hydrogens is 148 g/mol. The molecule has 0 unspecified atom stereocenters. The minimum Gasteiger partial charge on any atom is -0.423 e. The normalized spacial score (nSPS) is 9.73. The number of nitrogens with zero attached hydrogens (tertiary/aromatic N) is 1. The van der Waals surface area contributed by atoms with Crippen molar-refractivity contribution in [2.24, 2.45) is 0 Å². The van der Waals surface area contributed by atoms with Gasteiger partial charge in [0.2, 0.25) is 5.95 Å². The number of halogens is 1. The van der Waals surface area contributed by atoms with Crippen molar-refractivity contribution in [3.63, 3.8) is 0 Å². The molecule has 0 atom stereocenters. The maximum absolute atomic E-state index is 12.2. The summed E-state index contributed by atoms with van der Waals surface area (Å²) in [4.78, 5) is 3.34. The lowest BCUT2D eigenvalue weighted by molar-refractivity contribution is 0.341. The molecule has 58 valence electrons. The van der Waals surface area contributed by atoms with E-state index in [1.807, 2.05) is 0 Å². The fraction of sp³-hybridized carbons (Fsp3) is 0.167. The zero-order valence-corrected chi connectivity index (χ0v) is 5.99. The van der Waals surface area contributed by atoms with Crippen LogP contribution in [0, 0.1) is 5.95 Å². The molecule has 5 heteroatoms. The van der Waals surface area contributed by atoms with Gasteiger partial charge in [0.05, 0.1) is 0 Å². The van der Waals surface area contributed by atoms with Crippen molar-refractivity contribution in [3.05, 3.63) is 24.3 Å². The quantitative estimate of drug-likeness (QED) is 0.464. The Morgan fingerprint density at radius 3 is 2.82 bits per heavy atom. The van der Waals surface area contributed by atoms with Gasteiger partial charge in [-0.15, -0.1) is 0 Å². The van der Waals surface area contributed by atoms with Crippen LogP contribution in [0.3, 0.4) is 0 Å². The molecule has 0 spiro atoms. The molecule has 0 saturated heterocycles. The van der Waals surface area contributed by atoms with E-state index >= 15 is 0 Å². The Morgan fingerprint density at radius 2 is 2.36 bits per heavy atom. The van der Waals surface area contributed by atoms with Crippen molar-refractivity contribution in [1.29, 1.82) is 0 Å². The van der Waals surface area contributed by atoms with Crippen LogP contribution in [0.5, 0.6) is 0 Å². The summed E-state index contributed by atoms with van der Waals surface area (Å²) in [6.45, 7) is 0. The number of hydrogen-bond donors (Lipinski definition) is 1. The van der Waals surface area contributed by atoms with Crippen LogP contribution >= 0.6 is 0 Å². The van der Waals surface area contributed by atoms with E-state index in [0.29, 0.717) is 5.46 Å². The lowest BCUT2D eigenvalue weighted by Crippen LogP contribution is -2.32. The first-order chi connectivity index (χ1) is 5.24. The monoisotopic (exact) mass is 155 g/mol. The average Bonchev–Trinajstić information content (AvgIpc) is 2.05. The first kappa shape index (κ1) is 8.16. The molecule has 1 N–H and O–H groups in total. The highest BCUT2D eigenvalue weighted by Gasteiger charge is 2.13. The largest absolute Gasteiger partial charge is 0.492 e. The smallest absolute Gasteiger partial charge is 0.423 e. The summed E-state index contributed by atoms with van der Waals surface area (Å²) in [5.41, 5.74) is 0.439. The summed E-state index contributed by atoms with van der Waals surface area (Å²) in [6.07, 6.45) is 1.23. The predicted molar refractivity (Wildman–Crippen MR) is 38.8 cm³/mol. The van der Waals surface area contributed by atoms with Crippen LogP contribution in [0.15, 0.2) is 18.3 Å². The van der Waals surface area contributed by atoms with E-state index in [0.717, 1.165) is 6.07 Å². The second-order valence-corrected chi connectivity index (χ2v) is 2.00. The Balaban J connectivity index is 2.81. The van der Waals surface area contributed by atoms with Crippen molar-refractivity contribution in [1.82, 2.24) is 4.98 Å². The second kappa shape index (κ2) is 3.45. The van der Waals surface area contributed by atoms with E-state index in [-0.39, 0.29) is 0 Å². The van der Waals surface area contributed by atoms with Gasteiger partial charge >= 0.3 is 7.12 Å². The first-order valence-corrected chi connectivity index (χ1v) is 3.06. The van der Waals surface area contributed by atoms with Crippen LogP contribution in [0.1, 0.15) is 0 Å². The van der Waals surface area contributed by atoms with E-state index < -0.39 is 13.1 Å². The first-order valence-electron chi connectivity index (χ1n) is 3.06. The van der Waals surface area contributed by atoms with Crippen molar-refractivity contribution >= 4 is 12.6 Å². The Hall–Kier alpha value is -0.935. The van der Waals surface area contributed by atoms with Gasteiger partial charge in [0.25, 0.3) is 0 Å². The zero-order valence-electron chi connectivity index (χ0n) is 5.99. The summed E-state index contributed by atoms with van der Waals surface area (Å²) in [5, 5.41) is 9.04. The van der Waals surface area contributed by atoms with Gasteiger partial charge in [-0.2, -0.15) is 4.39 Å². The maximum atomic E-state index is 12.2. The van der Waals surface area contributed by atoms with Crippen molar-refractivity contribution in [2.45, 2.75) is 0 Å². The zero-order chi connectivity index (χ0) is 8.27. The van der Waals surface area contributed by atoms with Gasteiger partial charge in [-0.05, 0) is 6.07 Å². The Labute approximate surface area is 64.0 Å². The van der Waals surface area contributed by atoms with Gasteiger partial charge in [0, 0.05) is 18.8 Å². The summed E-state index contributed by atoms with van der Waals surface area (Å²) >= 11 is 0. The lowest BCUT2D eigenvalue weighted by Gasteiger charge is -2.01. The second-order valence-electron chi connectivity index (χ2n) is 2.00. The van der Waals surface area contributed by atoms with Crippen LogP contribution in [-0.2, 0) is 4.65 Å². The summed E-state index contributed by atoms with van der Waals surface area (Å²) < 4.78 is 16.8. The topological polar surface area (TPSA) is 42.4 Å². The summed E-state index contributed by atoms with van der Waals surface area (Å²) in [5.74, 6) is -0.572. The van der Waals surface area contributed by atoms with Crippen LogP contribution in [-0.4, -0.2) is 24.2 Å². The molecule has 0 radical (unpaired) electrons. The third-order valence-electron chi connectivity index (χ3n) is 1.26. The molecule has 0 saturated carbocycles. The number of rotatable bonds is 2. The van der Waals surface area contributed by atoms with Gasteiger partial charge in [-0.3, -0.25) is 0 Å². The third-order valence-corrected chi connectivity index (χ3v) is 1.26. The third kappa shape index (κ3) is 1.99. The summed E-state index contributed by atoms with van der Waals surface area (Å²) in [7, 11) is 0.330. The van der Waals surface area contributed by atoms with E-state index in [4.69, 9.17) is 5.02 Å². The molecule has 0 bridgehead atoms. The molecule has 1 rings (SSSR count). The molecule has 1 aromatic heterocycles. The van der Waals surface area contributed by atoms with Crippen molar-refractivity contribution in [3.8, 4) is 0 Å². The van der Waals surface area contributed by atoms with E-state index in [1.54, 1.807) is 0 Å². The average molecular weight is 155 g/mol.